The Balaban J connectivity index is 1.41. The van der Waals surface area contributed by atoms with Crippen molar-refractivity contribution in [3.8, 4) is 5.69 Å². The Kier molecular flexibility index (Phi) is 5.11. The number of carbonyl (C=O) groups is 1. The molecule has 1 amide bonds. The van der Waals surface area contributed by atoms with Crippen molar-refractivity contribution >= 4 is 17.4 Å². The third-order valence-electron chi connectivity index (χ3n) is 4.26. The molecule has 2 aromatic heterocycles. The Morgan fingerprint density at radius 1 is 0.964 bits per heavy atom. The molecule has 0 radical (unpaired) electrons. The van der Waals surface area contributed by atoms with Crippen molar-refractivity contribution in [3.63, 3.8) is 0 Å². The number of aromatic nitrogens is 3. The first kappa shape index (κ1) is 17.5. The second kappa shape index (κ2) is 8.18. The second-order valence-corrected chi connectivity index (χ2v) is 6.24. The lowest BCUT2D eigenvalue weighted by molar-refractivity contribution is 0.0951. The van der Waals surface area contributed by atoms with E-state index in [1.165, 1.54) is 0 Å². The van der Waals surface area contributed by atoms with E-state index in [2.05, 4.69) is 20.6 Å². The lowest BCUT2D eigenvalue weighted by Crippen LogP contribution is -2.22. The van der Waals surface area contributed by atoms with Crippen LogP contribution in [0.15, 0.2) is 91.6 Å². The van der Waals surface area contributed by atoms with E-state index in [1.54, 1.807) is 30.9 Å². The molecule has 2 heterocycles. The van der Waals surface area contributed by atoms with E-state index >= 15 is 0 Å². The summed E-state index contributed by atoms with van der Waals surface area (Å²) in [5, 5.41) is 6.16. The van der Waals surface area contributed by atoms with Gasteiger partial charge in [-0.3, -0.25) is 4.79 Å². The molecule has 0 aliphatic heterocycles. The Bertz CT molecular complexity index is 1040. The number of imidazole rings is 1. The largest absolute Gasteiger partial charge is 0.348 e. The Labute approximate surface area is 162 Å². The summed E-state index contributed by atoms with van der Waals surface area (Å²) in [5.41, 5.74) is 3.52. The predicted octanol–water partition coefficient (Wildman–Crippen LogP) is 3.94. The van der Waals surface area contributed by atoms with Crippen LogP contribution in [0.4, 0.5) is 11.5 Å². The molecule has 0 unspecified atom stereocenters. The zero-order valence-electron chi connectivity index (χ0n) is 15.1. The molecule has 2 N–H and O–H groups in total. The van der Waals surface area contributed by atoms with Gasteiger partial charge >= 0.3 is 0 Å². The van der Waals surface area contributed by atoms with Gasteiger partial charge in [0.15, 0.2) is 0 Å². The van der Waals surface area contributed by atoms with E-state index in [0.29, 0.717) is 17.9 Å². The maximum atomic E-state index is 12.4. The molecule has 6 nitrogen and oxygen atoms in total. The summed E-state index contributed by atoms with van der Waals surface area (Å²) < 4.78 is 1.93. The number of hydrogen-bond donors (Lipinski definition) is 2. The molecule has 2 aromatic carbocycles. The number of anilines is 2. The van der Waals surface area contributed by atoms with Crippen molar-refractivity contribution in [1.82, 2.24) is 19.9 Å². The van der Waals surface area contributed by atoms with Gasteiger partial charge in [0.25, 0.3) is 5.91 Å². The molecule has 138 valence electrons. The summed E-state index contributed by atoms with van der Waals surface area (Å²) in [5.74, 6) is 0.479. The van der Waals surface area contributed by atoms with E-state index in [-0.39, 0.29) is 5.91 Å². The highest BCUT2D eigenvalue weighted by molar-refractivity contribution is 5.94. The minimum absolute atomic E-state index is 0.134. The van der Waals surface area contributed by atoms with Crippen LogP contribution >= 0.6 is 0 Å². The quantitative estimate of drug-likeness (QED) is 0.540. The molecule has 4 rings (SSSR count). The molecule has 0 atom stereocenters. The standard InChI is InChI=1S/C22H19N5O/c28-22(25-15-17-4-2-1-3-5-17)18-10-11-24-21(14-18)26-19-6-8-20(9-7-19)27-13-12-23-16-27/h1-14,16H,15H2,(H,24,26)(H,25,28). The van der Waals surface area contributed by atoms with Crippen molar-refractivity contribution in [2.45, 2.75) is 6.54 Å². The monoisotopic (exact) mass is 369 g/mol. The number of rotatable bonds is 6. The summed E-state index contributed by atoms with van der Waals surface area (Å²) >= 11 is 0. The van der Waals surface area contributed by atoms with E-state index in [4.69, 9.17) is 0 Å². The van der Waals surface area contributed by atoms with Gasteiger partial charge in [-0.2, -0.15) is 0 Å². The van der Waals surface area contributed by atoms with Gasteiger partial charge in [0.2, 0.25) is 0 Å². The van der Waals surface area contributed by atoms with Crippen LogP contribution < -0.4 is 10.6 Å². The summed E-state index contributed by atoms with van der Waals surface area (Å²) in [6.45, 7) is 0.487. The predicted molar refractivity (Wildman–Crippen MR) is 109 cm³/mol. The highest BCUT2D eigenvalue weighted by Gasteiger charge is 2.07. The number of nitrogens with one attached hydrogen (secondary N) is 2. The van der Waals surface area contributed by atoms with Crippen molar-refractivity contribution < 1.29 is 4.79 Å². The molecule has 0 aliphatic rings. The Hall–Kier alpha value is -3.93. The third kappa shape index (κ3) is 4.24. The number of hydrogen-bond acceptors (Lipinski definition) is 4. The summed E-state index contributed by atoms with van der Waals surface area (Å²) in [6.07, 6.45) is 7.01. The number of pyridine rings is 1. The van der Waals surface area contributed by atoms with Gasteiger partial charge < -0.3 is 15.2 Å². The SMILES string of the molecule is O=C(NCc1ccccc1)c1ccnc(Nc2ccc(-n3ccnc3)cc2)c1. The van der Waals surface area contributed by atoms with Crippen LogP contribution in [0, 0.1) is 0 Å². The fourth-order valence-corrected chi connectivity index (χ4v) is 2.80. The smallest absolute Gasteiger partial charge is 0.251 e. The van der Waals surface area contributed by atoms with E-state index < -0.39 is 0 Å². The van der Waals surface area contributed by atoms with Crippen LogP contribution in [0.3, 0.4) is 0 Å². The topological polar surface area (TPSA) is 71.8 Å². The highest BCUT2D eigenvalue weighted by atomic mass is 16.1. The van der Waals surface area contributed by atoms with Crippen molar-refractivity contribution in [2.24, 2.45) is 0 Å². The minimum atomic E-state index is -0.134. The lowest BCUT2D eigenvalue weighted by Gasteiger charge is -2.09. The summed E-state index contributed by atoms with van der Waals surface area (Å²) in [7, 11) is 0. The third-order valence-corrected chi connectivity index (χ3v) is 4.26. The minimum Gasteiger partial charge on any atom is -0.348 e. The molecule has 0 bridgehead atoms. The maximum Gasteiger partial charge on any atom is 0.251 e. The molecule has 0 spiro atoms. The molecule has 6 heteroatoms. The summed E-state index contributed by atoms with van der Waals surface area (Å²) in [6, 6.07) is 21.1. The molecule has 0 aliphatic carbocycles. The molecule has 0 saturated heterocycles. The second-order valence-electron chi connectivity index (χ2n) is 6.24. The number of amides is 1. The van der Waals surface area contributed by atoms with Gasteiger partial charge in [-0.1, -0.05) is 30.3 Å². The highest BCUT2D eigenvalue weighted by Crippen LogP contribution is 2.18. The van der Waals surface area contributed by atoms with E-state index in [1.807, 2.05) is 65.4 Å². The van der Waals surface area contributed by atoms with Crippen LogP contribution in [-0.4, -0.2) is 20.4 Å². The molecule has 0 fully saturated rings. The first-order chi connectivity index (χ1) is 13.8. The first-order valence-corrected chi connectivity index (χ1v) is 8.91. The molecular weight excluding hydrogens is 350 g/mol. The fourth-order valence-electron chi connectivity index (χ4n) is 2.80. The number of carbonyl (C=O) groups excluding carboxylic acids is 1. The molecule has 28 heavy (non-hydrogen) atoms. The van der Waals surface area contributed by atoms with Gasteiger partial charge in [0.1, 0.15) is 5.82 Å². The van der Waals surface area contributed by atoms with Gasteiger partial charge in [0, 0.05) is 42.1 Å². The average molecular weight is 369 g/mol. The summed E-state index contributed by atoms with van der Waals surface area (Å²) in [4.78, 5) is 20.8. The maximum absolute atomic E-state index is 12.4. The Morgan fingerprint density at radius 3 is 2.54 bits per heavy atom. The van der Waals surface area contributed by atoms with Crippen LogP contribution in [-0.2, 0) is 6.54 Å². The molecule has 4 aromatic rings. The van der Waals surface area contributed by atoms with Crippen LogP contribution in [0.25, 0.3) is 5.69 Å². The van der Waals surface area contributed by atoms with Crippen LogP contribution in [0.5, 0.6) is 0 Å². The van der Waals surface area contributed by atoms with Gasteiger partial charge in [-0.15, -0.1) is 0 Å². The van der Waals surface area contributed by atoms with Crippen molar-refractivity contribution in [2.75, 3.05) is 5.32 Å². The Morgan fingerprint density at radius 2 is 1.79 bits per heavy atom. The normalized spacial score (nSPS) is 10.4. The van der Waals surface area contributed by atoms with Gasteiger partial charge in [-0.25, -0.2) is 9.97 Å². The zero-order valence-corrected chi connectivity index (χ0v) is 15.1. The van der Waals surface area contributed by atoms with Crippen LogP contribution in [0.2, 0.25) is 0 Å². The van der Waals surface area contributed by atoms with Crippen molar-refractivity contribution in [1.29, 1.82) is 0 Å². The zero-order chi connectivity index (χ0) is 19.2. The molecule has 0 saturated carbocycles. The first-order valence-electron chi connectivity index (χ1n) is 8.91. The van der Waals surface area contributed by atoms with E-state index in [0.717, 1.165) is 16.9 Å². The average Bonchev–Trinajstić information content (AvgIpc) is 3.28. The van der Waals surface area contributed by atoms with Gasteiger partial charge in [0.05, 0.1) is 6.33 Å². The number of benzene rings is 2. The number of nitrogens with zero attached hydrogens (tertiary/aromatic N) is 3. The molecular formula is C22H19N5O. The van der Waals surface area contributed by atoms with E-state index in [9.17, 15) is 4.79 Å². The van der Waals surface area contributed by atoms with Crippen LogP contribution in [0.1, 0.15) is 15.9 Å². The lowest BCUT2D eigenvalue weighted by atomic mass is 10.2. The van der Waals surface area contributed by atoms with Crippen molar-refractivity contribution in [3.05, 3.63) is 103 Å². The fraction of sp³-hybridized carbons (Fsp3) is 0.0455. The van der Waals surface area contributed by atoms with Gasteiger partial charge in [-0.05, 0) is 42.0 Å².